The summed E-state index contributed by atoms with van der Waals surface area (Å²) in [5.74, 6) is -0.482. The summed E-state index contributed by atoms with van der Waals surface area (Å²) in [6.07, 6.45) is 1.41. The van der Waals surface area contributed by atoms with Crippen molar-refractivity contribution in [3.05, 3.63) is 74.9 Å². The van der Waals surface area contributed by atoms with Crippen molar-refractivity contribution in [3.8, 4) is 6.07 Å². The van der Waals surface area contributed by atoms with Gasteiger partial charge in [0.25, 0.3) is 5.91 Å². The molecular weight excluding hydrogens is 390 g/mol. The first kappa shape index (κ1) is 18.1. The smallest absolute Gasteiger partial charge is 0.267 e. The molecule has 2 aromatic carbocycles. The van der Waals surface area contributed by atoms with Gasteiger partial charge >= 0.3 is 0 Å². The molecule has 0 atom stereocenters. The van der Waals surface area contributed by atoms with Gasteiger partial charge < -0.3 is 10.6 Å². The zero-order chi connectivity index (χ0) is 17.5. The Bertz CT molecular complexity index is 827. The fourth-order valence-electron chi connectivity index (χ4n) is 2.00. The molecule has 0 aliphatic rings. The van der Waals surface area contributed by atoms with E-state index in [2.05, 4.69) is 26.6 Å². The highest BCUT2D eigenvalue weighted by molar-refractivity contribution is 9.10. The average Bonchev–Trinajstić information content (AvgIpc) is 2.56. The predicted octanol–water partition coefficient (Wildman–Crippen LogP) is 4.55. The summed E-state index contributed by atoms with van der Waals surface area (Å²) in [5, 5.41) is 15.4. The van der Waals surface area contributed by atoms with E-state index < -0.39 is 5.91 Å². The topological polar surface area (TPSA) is 64.9 Å². The normalized spacial score (nSPS) is 10.8. The number of amides is 1. The number of carbonyl (C=O) groups is 1. The van der Waals surface area contributed by atoms with Gasteiger partial charge in [0.05, 0.1) is 0 Å². The van der Waals surface area contributed by atoms with Crippen LogP contribution in [0.4, 0.5) is 5.69 Å². The van der Waals surface area contributed by atoms with Crippen molar-refractivity contribution >= 4 is 39.1 Å². The van der Waals surface area contributed by atoms with Crippen LogP contribution in [0.3, 0.4) is 0 Å². The highest BCUT2D eigenvalue weighted by atomic mass is 79.9. The van der Waals surface area contributed by atoms with Crippen LogP contribution in [0, 0.1) is 18.3 Å². The second-order valence-electron chi connectivity index (χ2n) is 5.05. The molecule has 24 heavy (non-hydrogen) atoms. The number of benzene rings is 2. The number of hydrogen-bond acceptors (Lipinski definition) is 3. The Kier molecular flexibility index (Phi) is 6.42. The summed E-state index contributed by atoms with van der Waals surface area (Å²) in [7, 11) is 0. The average molecular weight is 405 g/mol. The van der Waals surface area contributed by atoms with Crippen LogP contribution in [-0.4, -0.2) is 5.91 Å². The maximum Gasteiger partial charge on any atom is 0.267 e. The molecule has 4 nitrogen and oxygen atoms in total. The van der Waals surface area contributed by atoms with E-state index in [9.17, 15) is 10.1 Å². The Hall–Kier alpha value is -2.29. The van der Waals surface area contributed by atoms with Gasteiger partial charge in [-0.3, -0.25) is 4.79 Å². The summed E-state index contributed by atoms with van der Waals surface area (Å²) in [5.41, 5.74) is 2.36. The summed E-state index contributed by atoms with van der Waals surface area (Å²) in [4.78, 5) is 12.2. The highest BCUT2D eigenvalue weighted by Gasteiger charge is 2.11. The van der Waals surface area contributed by atoms with Crippen LogP contribution >= 0.6 is 27.5 Å². The highest BCUT2D eigenvalue weighted by Crippen LogP contribution is 2.23. The summed E-state index contributed by atoms with van der Waals surface area (Å²) in [6, 6.07) is 14.9. The molecule has 0 aliphatic heterocycles. The third-order valence-electron chi connectivity index (χ3n) is 3.32. The molecule has 2 aromatic rings. The van der Waals surface area contributed by atoms with Crippen LogP contribution in [0.5, 0.6) is 0 Å². The minimum Gasteiger partial charge on any atom is -0.386 e. The monoisotopic (exact) mass is 403 g/mol. The predicted molar refractivity (Wildman–Crippen MR) is 99.5 cm³/mol. The van der Waals surface area contributed by atoms with Gasteiger partial charge in [0.1, 0.15) is 11.6 Å². The lowest BCUT2D eigenvalue weighted by Crippen LogP contribution is -2.17. The Morgan fingerprint density at radius 1 is 1.33 bits per heavy atom. The Labute approximate surface area is 154 Å². The van der Waals surface area contributed by atoms with Gasteiger partial charge in [0, 0.05) is 27.9 Å². The number of halogens is 2. The Balaban J connectivity index is 2.03. The summed E-state index contributed by atoms with van der Waals surface area (Å²) < 4.78 is 0.973. The summed E-state index contributed by atoms with van der Waals surface area (Å²) >= 11 is 9.43. The Morgan fingerprint density at radius 3 is 2.79 bits per heavy atom. The van der Waals surface area contributed by atoms with Crippen molar-refractivity contribution in [1.29, 1.82) is 5.26 Å². The third kappa shape index (κ3) is 4.85. The molecule has 6 heteroatoms. The van der Waals surface area contributed by atoms with Gasteiger partial charge in [-0.2, -0.15) is 5.26 Å². The molecule has 0 saturated carbocycles. The minimum absolute atomic E-state index is 0.00984. The molecule has 0 aromatic heterocycles. The van der Waals surface area contributed by atoms with Crippen LogP contribution in [0.2, 0.25) is 5.02 Å². The molecular formula is C18H15BrClN3O. The number of carbonyl (C=O) groups excluding carboxylic acids is 1. The quantitative estimate of drug-likeness (QED) is 0.568. The lowest BCUT2D eigenvalue weighted by Gasteiger charge is -2.09. The minimum atomic E-state index is -0.482. The molecule has 0 bridgehead atoms. The molecule has 1 amide bonds. The van der Waals surface area contributed by atoms with Gasteiger partial charge in [-0.05, 0) is 42.3 Å². The van der Waals surface area contributed by atoms with Crippen molar-refractivity contribution < 1.29 is 4.79 Å². The third-order valence-corrected chi connectivity index (χ3v) is 4.23. The van der Waals surface area contributed by atoms with Gasteiger partial charge in [-0.15, -0.1) is 0 Å². The first-order valence-corrected chi connectivity index (χ1v) is 8.33. The number of nitriles is 1. The molecule has 2 N–H and O–H groups in total. The molecule has 0 fully saturated rings. The van der Waals surface area contributed by atoms with Gasteiger partial charge in [0.15, 0.2) is 0 Å². The first-order valence-electron chi connectivity index (χ1n) is 7.16. The first-order chi connectivity index (χ1) is 11.5. The van der Waals surface area contributed by atoms with E-state index >= 15 is 0 Å². The number of nitrogens with one attached hydrogen (secondary N) is 2. The van der Waals surface area contributed by atoms with E-state index in [0.29, 0.717) is 17.3 Å². The van der Waals surface area contributed by atoms with Crippen molar-refractivity contribution in [2.24, 2.45) is 0 Å². The van der Waals surface area contributed by atoms with E-state index in [1.807, 2.05) is 30.3 Å². The number of nitrogens with zero attached hydrogens (tertiary/aromatic N) is 1. The molecule has 0 saturated heterocycles. The fraction of sp³-hybridized carbons (Fsp3) is 0.111. The largest absolute Gasteiger partial charge is 0.386 e. The van der Waals surface area contributed by atoms with Crippen LogP contribution in [0.1, 0.15) is 11.1 Å². The van der Waals surface area contributed by atoms with E-state index in [4.69, 9.17) is 11.6 Å². The lowest BCUT2D eigenvalue weighted by molar-refractivity contribution is -0.112. The maximum atomic E-state index is 12.2. The van der Waals surface area contributed by atoms with Crippen LogP contribution in [-0.2, 0) is 11.3 Å². The zero-order valence-electron chi connectivity index (χ0n) is 12.9. The molecule has 122 valence electrons. The number of rotatable bonds is 5. The van der Waals surface area contributed by atoms with E-state index in [0.717, 1.165) is 15.6 Å². The fourth-order valence-corrected chi connectivity index (χ4v) is 2.62. The van der Waals surface area contributed by atoms with Crippen LogP contribution < -0.4 is 10.6 Å². The molecule has 0 radical (unpaired) electrons. The second kappa shape index (κ2) is 8.53. The maximum absolute atomic E-state index is 12.2. The van der Waals surface area contributed by atoms with Gasteiger partial charge in [-0.1, -0.05) is 45.7 Å². The molecule has 0 heterocycles. The van der Waals surface area contributed by atoms with Crippen LogP contribution in [0.15, 0.2) is 58.7 Å². The SMILES string of the molecule is Cc1c(Cl)cccc1NC(=O)/C(C#N)=C\NCc1cccc(Br)c1. The van der Waals surface area contributed by atoms with E-state index in [1.54, 1.807) is 25.1 Å². The molecule has 2 rings (SSSR count). The standard InChI is InChI=1S/C18H15BrClN3O/c1-12-16(20)6-3-7-17(12)23-18(24)14(9-21)11-22-10-13-4-2-5-15(19)8-13/h2-8,11,22H,10H2,1H3,(H,23,24)/b14-11-. The van der Waals surface area contributed by atoms with Gasteiger partial charge in [-0.25, -0.2) is 0 Å². The molecule has 0 aliphatic carbocycles. The van der Waals surface area contributed by atoms with E-state index in [1.165, 1.54) is 6.20 Å². The summed E-state index contributed by atoms with van der Waals surface area (Å²) in [6.45, 7) is 2.31. The number of hydrogen-bond donors (Lipinski definition) is 2. The van der Waals surface area contributed by atoms with Crippen molar-refractivity contribution in [3.63, 3.8) is 0 Å². The van der Waals surface area contributed by atoms with Crippen molar-refractivity contribution in [2.45, 2.75) is 13.5 Å². The van der Waals surface area contributed by atoms with E-state index in [-0.39, 0.29) is 5.57 Å². The Morgan fingerprint density at radius 2 is 2.08 bits per heavy atom. The molecule has 0 unspecified atom stereocenters. The second-order valence-corrected chi connectivity index (χ2v) is 6.37. The van der Waals surface area contributed by atoms with Crippen molar-refractivity contribution in [1.82, 2.24) is 5.32 Å². The van der Waals surface area contributed by atoms with Gasteiger partial charge in [0.2, 0.25) is 0 Å². The lowest BCUT2D eigenvalue weighted by atomic mass is 10.2. The zero-order valence-corrected chi connectivity index (χ0v) is 15.3. The number of anilines is 1. The van der Waals surface area contributed by atoms with Crippen LogP contribution in [0.25, 0.3) is 0 Å². The van der Waals surface area contributed by atoms with Crippen molar-refractivity contribution in [2.75, 3.05) is 5.32 Å². The molecule has 0 spiro atoms.